The lowest BCUT2D eigenvalue weighted by atomic mass is 10.1. The molecule has 1 rings (SSSR count). The van der Waals surface area contributed by atoms with Crippen molar-refractivity contribution in [1.82, 2.24) is 0 Å². The second kappa shape index (κ2) is 7.63. The monoisotopic (exact) mass is 266 g/mol. The third-order valence-corrected chi connectivity index (χ3v) is 2.86. The van der Waals surface area contributed by atoms with Crippen LogP contribution in [0.5, 0.6) is 0 Å². The smallest absolute Gasteiger partial charge is 0.340 e. The Balaban J connectivity index is 2.98. The number of ether oxygens (including phenoxy) is 2. The summed E-state index contributed by atoms with van der Waals surface area (Å²) in [6.45, 7) is 6.79. The Labute approximate surface area is 114 Å². The van der Waals surface area contributed by atoms with E-state index in [1.165, 1.54) is 7.11 Å². The fourth-order valence-corrected chi connectivity index (χ4v) is 1.87. The normalized spacial score (nSPS) is 10.3. The van der Waals surface area contributed by atoms with Gasteiger partial charge in [0.1, 0.15) is 0 Å². The molecule has 0 saturated heterocycles. The van der Waals surface area contributed by atoms with E-state index in [0.29, 0.717) is 24.5 Å². The quantitative estimate of drug-likeness (QED) is 0.464. The number of methoxy groups -OCH3 is 1. The predicted molar refractivity (Wildman–Crippen MR) is 76.6 cm³/mol. The molecule has 0 aliphatic rings. The maximum Gasteiger partial charge on any atom is 0.340 e. The van der Waals surface area contributed by atoms with Gasteiger partial charge in [-0.25, -0.2) is 4.79 Å². The lowest BCUT2D eigenvalue weighted by Crippen LogP contribution is -2.29. The third-order valence-electron chi connectivity index (χ3n) is 2.86. The lowest BCUT2D eigenvalue weighted by molar-refractivity contribution is 0.0601. The van der Waals surface area contributed by atoms with Gasteiger partial charge >= 0.3 is 5.97 Å². The largest absolute Gasteiger partial charge is 0.465 e. The van der Waals surface area contributed by atoms with Crippen LogP contribution in [0.1, 0.15) is 24.2 Å². The Bertz CT molecular complexity index is 421. The molecule has 0 atom stereocenters. The molecule has 0 aliphatic carbocycles. The number of nitrogens with two attached hydrogens (primary N) is 1. The summed E-state index contributed by atoms with van der Waals surface area (Å²) in [5.74, 6) is -0.378. The molecule has 0 amide bonds. The molecule has 106 valence electrons. The molecule has 0 aromatic heterocycles. The number of hydrogen-bond acceptors (Lipinski definition) is 5. The average molecular weight is 266 g/mol. The number of hydrogen-bond donors (Lipinski definition) is 1. The van der Waals surface area contributed by atoms with Gasteiger partial charge in [-0.3, -0.25) is 0 Å². The van der Waals surface area contributed by atoms with Gasteiger partial charge in [0.05, 0.1) is 25.0 Å². The Morgan fingerprint density at radius 3 is 2.68 bits per heavy atom. The number of benzene rings is 1. The average Bonchev–Trinajstić information content (AvgIpc) is 2.43. The molecule has 1 aromatic rings. The lowest BCUT2D eigenvalue weighted by Gasteiger charge is -2.25. The zero-order valence-corrected chi connectivity index (χ0v) is 11.8. The summed E-state index contributed by atoms with van der Waals surface area (Å²) in [5, 5.41) is 0. The van der Waals surface area contributed by atoms with E-state index in [0.717, 1.165) is 18.8 Å². The van der Waals surface area contributed by atoms with Gasteiger partial charge in [0, 0.05) is 25.4 Å². The first-order valence-electron chi connectivity index (χ1n) is 6.44. The Morgan fingerprint density at radius 1 is 1.37 bits per heavy atom. The number of rotatable bonds is 7. The maximum atomic E-state index is 11.8. The minimum atomic E-state index is -0.378. The van der Waals surface area contributed by atoms with Crippen molar-refractivity contribution in [3.05, 3.63) is 23.8 Å². The maximum absolute atomic E-state index is 11.8. The zero-order valence-electron chi connectivity index (χ0n) is 11.8. The van der Waals surface area contributed by atoms with E-state index in [4.69, 9.17) is 15.2 Å². The molecule has 0 heterocycles. The van der Waals surface area contributed by atoms with Crippen LogP contribution in [0.2, 0.25) is 0 Å². The summed E-state index contributed by atoms with van der Waals surface area (Å²) in [7, 11) is 1.37. The van der Waals surface area contributed by atoms with Crippen LogP contribution >= 0.6 is 0 Å². The first-order chi connectivity index (χ1) is 9.13. The molecule has 19 heavy (non-hydrogen) atoms. The summed E-state index contributed by atoms with van der Waals surface area (Å²) in [4.78, 5) is 13.9. The first-order valence-corrected chi connectivity index (χ1v) is 6.44. The molecule has 5 nitrogen and oxygen atoms in total. The molecule has 0 aliphatic heterocycles. The van der Waals surface area contributed by atoms with Crippen molar-refractivity contribution in [3.8, 4) is 0 Å². The van der Waals surface area contributed by atoms with Crippen LogP contribution in [-0.2, 0) is 9.47 Å². The van der Waals surface area contributed by atoms with Crippen LogP contribution in [0.25, 0.3) is 0 Å². The van der Waals surface area contributed by atoms with Gasteiger partial charge in [-0.05, 0) is 32.0 Å². The number of carbonyl (C=O) groups excluding carboxylic acids is 1. The highest BCUT2D eigenvalue weighted by Gasteiger charge is 2.16. The SMILES string of the molecule is CCOCCN(CC)c1ccc(N)cc1C(=O)OC. The van der Waals surface area contributed by atoms with Crippen molar-refractivity contribution in [2.45, 2.75) is 13.8 Å². The highest BCUT2D eigenvalue weighted by molar-refractivity contribution is 5.96. The number of nitrogen functional groups attached to an aromatic ring is 1. The van der Waals surface area contributed by atoms with Gasteiger partial charge in [0.2, 0.25) is 0 Å². The van der Waals surface area contributed by atoms with E-state index in [9.17, 15) is 4.79 Å². The van der Waals surface area contributed by atoms with Crippen LogP contribution in [0.4, 0.5) is 11.4 Å². The Morgan fingerprint density at radius 2 is 2.11 bits per heavy atom. The minimum Gasteiger partial charge on any atom is -0.465 e. The summed E-state index contributed by atoms with van der Waals surface area (Å²) in [5.41, 5.74) is 7.59. The van der Waals surface area contributed by atoms with Crippen LogP contribution in [0.3, 0.4) is 0 Å². The molecular formula is C14H22N2O3. The molecule has 0 saturated carbocycles. The van der Waals surface area contributed by atoms with Gasteiger partial charge in [-0.1, -0.05) is 0 Å². The molecule has 2 N–H and O–H groups in total. The second-order valence-electron chi connectivity index (χ2n) is 4.04. The molecule has 0 radical (unpaired) electrons. The van der Waals surface area contributed by atoms with Gasteiger partial charge in [0.25, 0.3) is 0 Å². The molecule has 0 unspecified atom stereocenters. The fraction of sp³-hybridized carbons (Fsp3) is 0.500. The number of nitrogens with zero attached hydrogens (tertiary/aromatic N) is 1. The van der Waals surface area contributed by atoms with E-state index in [-0.39, 0.29) is 5.97 Å². The fourth-order valence-electron chi connectivity index (χ4n) is 1.87. The summed E-state index contributed by atoms with van der Waals surface area (Å²) in [6, 6.07) is 5.27. The van der Waals surface area contributed by atoms with Gasteiger partial charge in [-0.2, -0.15) is 0 Å². The zero-order chi connectivity index (χ0) is 14.3. The van der Waals surface area contributed by atoms with E-state index in [2.05, 4.69) is 4.90 Å². The van der Waals surface area contributed by atoms with Crippen LogP contribution in [0.15, 0.2) is 18.2 Å². The first kappa shape index (κ1) is 15.3. The summed E-state index contributed by atoms with van der Waals surface area (Å²) < 4.78 is 10.2. The van der Waals surface area contributed by atoms with Crippen molar-refractivity contribution in [1.29, 1.82) is 0 Å². The Kier molecular flexibility index (Phi) is 6.15. The van der Waals surface area contributed by atoms with Crippen LogP contribution < -0.4 is 10.6 Å². The van der Waals surface area contributed by atoms with Gasteiger partial charge in [0.15, 0.2) is 0 Å². The minimum absolute atomic E-state index is 0.378. The van der Waals surface area contributed by atoms with Gasteiger partial charge in [-0.15, -0.1) is 0 Å². The predicted octanol–water partition coefficient (Wildman–Crippen LogP) is 1.92. The Hall–Kier alpha value is -1.75. The highest BCUT2D eigenvalue weighted by Crippen LogP contribution is 2.23. The number of anilines is 2. The van der Waals surface area contributed by atoms with Crippen LogP contribution in [-0.4, -0.2) is 39.4 Å². The second-order valence-corrected chi connectivity index (χ2v) is 4.04. The number of carbonyl (C=O) groups is 1. The molecular weight excluding hydrogens is 244 g/mol. The molecule has 0 bridgehead atoms. The number of likely N-dealkylation sites (N-methyl/N-ethyl adjacent to an activating group) is 1. The van der Waals surface area contributed by atoms with Crippen molar-refractivity contribution in [3.63, 3.8) is 0 Å². The van der Waals surface area contributed by atoms with Crippen molar-refractivity contribution in [2.24, 2.45) is 0 Å². The van der Waals surface area contributed by atoms with Crippen molar-refractivity contribution in [2.75, 3.05) is 44.0 Å². The molecule has 5 heteroatoms. The topological polar surface area (TPSA) is 64.8 Å². The summed E-state index contributed by atoms with van der Waals surface area (Å²) >= 11 is 0. The number of esters is 1. The molecule has 0 fully saturated rings. The van der Waals surface area contributed by atoms with Crippen molar-refractivity contribution < 1.29 is 14.3 Å². The molecule has 0 spiro atoms. The third kappa shape index (κ3) is 4.13. The van der Waals surface area contributed by atoms with Gasteiger partial charge < -0.3 is 20.1 Å². The summed E-state index contributed by atoms with van der Waals surface area (Å²) in [6.07, 6.45) is 0. The standard InChI is InChI=1S/C14H22N2O3/c1-4-16(8-9-19-5-2)13-7-6-11(15)10-12(13)14(17)18-3/h6-7,10H,4-5,8-9,15H2,1-3H3. The van der Waals surface area contributed by atoms with E-state index in [1.54, 1.807) is 12.1 Å². The van der Waals surface area contributed by atoms with Crippen LogP contribution in [0, 0.1) is 0 Å². The van der Waals surface area contributed by atoms with E-state index < -0.39 is 0 Å². The van der Waals surface area contributed by atoms with E-state index >= 15 is 0 Å². The van der Waals surface area contributed by atoms with E-state index in [1.807, 2.05) is 19.9 Å². The highest BCUT2D eigenvalue weighted by atomic mass is 16.5. The molecule has 1 aromatic carbocycles. The van der Waals surface area contributed by atoms with Crippen molar-refractivity contribution >= 4 is 17.3 Å².